The van der Waals surface area contributed by atoms with Crippen LogP contribution in [0.15, 0.2) is 47.4 Å². The zero-order chi connectivity index (χ0) is 24.3. The summed E-state index contributed by atoms with van der Waals surface area (Å²) in [6, 6.07) is 11.8. The van der Waals surface area contributed by atoms with Gasteiger partial charge in [0.15, 0.2) is 5.13 Å². The Morgan fingerprint density at radius 1 is 1.03 bits per heavy atom. The summed E-state index contributed by atoms with van der Waals surface area (Å²) in [5.74, 6) is -0.226. The fourth-order valence-corrected chi connectivity index (χ4v) is 6.77. The van der Waals surface area contributed by atoms with Gasteiger partial charge in [0.1, 0.15) is 5.52 Å². The summed E-state index contributed by atoms with van der Waals surface area (Å²) in [6.07, 6.45) is 3.87. The van der Waals surface area contributed by atoms with E-state index in [0.29, 0.717) is 47.4 Å². The molecule has 34 heavy (non-hydrogen) atoms. The van der Waals surface area contributed by atoms with Gasteiger partial charge in [-0.25, -0.2) is 13.4 Å². The lowest BCUT2D eigenvalue weighted by molar-refractivity contribution is 0.0985. The summed E-state index contributed by atoms with van der Waals surface area (Å²) >= 11 is 7.72. The molecule has 4 rings (SSSR count). The number of hydrogen-bond donors (Lipinski definition) is 0. The molecule has 0 N–H and O–H groups in total. The van der Waals surface area contributed by atoms with Gasteiger partial charge in [0.05, 0.1) is 14.6 Å². The van der Waals surface area contributed by atoms with Crippen LogP contribution in [0.25, 0.3) is 10.2 Å². The van der Waals surface area contributed by atoms with Crippen molar-refractivity contribution in [2.75, 3.05) is 45.2 Å². The van der Waals surface area contributed by atoms with Crippen molar-refractivity contribution in [2.24, 2.45) is 0 Å². The Bertz CT molecular complexity index is 1250. The first-order valence-corrected chi connectivity index (χ1v) is 14.0. The second-order valence-corrected chi connectivity index (χ2v) is 12.0. The predicted molar refractivity (Wildman–Crippen MR) is 139 cm³/mol. The second-order valence-electron chi connectivity index (χ2n) is 8.69. The van der Waals surface area contributed by atoms with Gasteiger partial charge in [-0.2, -0.15) is 4.31 Å². The van der Waals surface area contributed by atoms with Crippen LogP contribution < -0.4 is 4.90 Å². The number of carbonyl (C=O) groups is 1. The Hall–Kier alpha value is -2.04. The van der Waals surface area contributed by atoms with Crippen LogP contribution in [0.3, 0.4) is 0 Å². The number of para-hydroxylation sites is 1. The van der Waals surface area contributed by atoms with Gasteiger partial charge in [0.25, 0.3) is 5.91 Å². The summed E-state index contributed by atoms with van der Waals surface area (Å²) in [4.78, 5) is 22.0. The molecule has 2 aromatic carbocycles. The maximum atomic E-state index is 13.5. The first kappa shape index (κ1) is 25.1. The minimum Gasteiger partial charge on any atom is -0.308 e. The van der Waals surface area contributed by atoms with Crippen molar-refractivity contribution in [1.82, 2.24) is 14.2 Å². The van der Waals surface area contributed by atoms with Crippen LogP contribution in [0.2, 0.25) is 5.02 Å². The van der Waals surface area contributed by atoms with Crippen LogP contribution in [0.1, 0.15) is 36.0 Å². The number of likely N-dealkylation sites (N-methyl/N-ethyl adjacent to an activating group) is 1. The van der Waals surface area contributed by atoms with Gasteiger partial charge in [-0.1, -0.05) is 41.8 Å². The molecule has 0 aliphatic carbocycles. The number of halogens is 1. The number of carbonyl (C=O) groups excluding carboxylic acids is 1. The lowest BCUT2D eigenvalue weighted by Crippen LogP contribution is -2.36. The van der Waals surface area contributed by atoms with Crippen LogP contribution in [-0.4, -0.2) is 68.8 Å². The molecule has 1 aliphatic rings. The molecular weight excluding hydrogens is 492 g/mol. The second kappa shape index (κ2) is 10.7. The maximum absolute atomic E-state index is 13.5. The molecule has 2 heterocycles. The van der Waals surface area contributed by atoms with Gasteiger partial charge in [-0.3, -0.25) is 9.69 Å². The van der Waals surface area contributed by atoms with E-state index in [0.717, 1.165) is 30.4 Å². The molecule has 1 aliphatic heterocycles. The van der Waals surface area contributed by atoms with E-state index in [-0.39, 0.29) is 10.8 Å². The van der Waals surface area contributed by atoms with E-state index in [9.17, 15) is 13.2 Å². The fourth-order valence-electron chi connectivity index (χ4n) is 3.96. The number of rotatable bonds is 7. The van der Waals surface area contributed by atoms with Gasteiger partial charge in [-0.05, 0) is 63.3 Å². The number of amides is 1. The summed E-state index contributed by atoms with van der Waals surface area (Å²) in [5.41, 5.74) is 1.09. The lowest BCUT2D eigenvalue weighted by Gasteiger charge is -2.22. The van der Waals surface area contributed by atoms with Gasteiger partial charge in [-0.15, -0.1) is 0 Å². The molecule has 0 unspecified atom stereocenters. The van der Waals surface area contributed by atoms with Crippen molar-refractivity contribution < 1.29 is 13.2 Å². The van der Waals surface area contributed by atoms with E-state index < -0.39 is 10.0 Å². The highest BCUT2D eigenvalue weighted by atomic mass is 35.5. The maximum Gasteiger partial charge on any atom is 0.260 e. The third-order valence-electron chi connectivity index (χ3n) is 5.91. The van der Waals surface area contributed by atoms with Gasteiger partial charge in [0.2, 0.25) is 10.0 Å². The van der Waals surface area contributed by atoms with Crippen LogP contribution in [0.5, 0.6) is 0 Å². The topological polar surface area (TPSA) is 73.8 Å². The molecule has 1 amide bonds. The Kier molecular flexibility index (Phi) is 7.89. The first-order chi connectivity index (χ1) is 16.3. The molecule has 0 atom stereocenters. The number of sulfonamides is 1. The number of thiazole rings is 1. The molecule has 0 saturated carbocycles. The van der Waals surface area contributed by atoms with Gasteiger partial charge < -0.3 is 4.90 Å². The van der Waals surface area contributed by atoms with E-state index in [1.165, 1.54) is 23.5 Å². The van der Waals surface area contributed by atoms with E-state index in [4.69, 9.17) is 11.6 Å². The molecule has 0 spiro atoms. The Morgan fingerprint density at radius 2 is 1.71 bits per heavy atom. The highest BCUT2D eigenvalue weighted by molar-refractivity contribution is 7.89. The third kappa shape index (κ3) is 5.44. The number of anilines is 1. The van der Waals surface area contributed by atoms with Crippen LogP contribution >= 0.6 is 22.9 Å². The third-order valence-corrected chi connectivity index (χ3v) is 9.17. The number of fused-ring (bicyclic) bond motifs is 1. The molecule has 0 bridgehead atoms. The minimum absolute atomic E-state index is 0.220. The highest BCUT2D eigenvalue weighted by Gasteiger charge is 2.26. The zero-order valence-corrected chi connectivity index (χ0v) is 21.8. The largest absolute Gasteiger partial charge is 0.308 e. The van der Waals surface area contributed by atoms with Crippen molar-refractivity contribution >= 4 is 54.2 Å². The first-order valence-electron chi connectivity index (χ1n) is 11.4. The average molecular weight is 521 g/mol. The Morgan fingerprint density at radius 3 is 2.32 bits per heavy atom. The van der Waals surface area contributed by atoms with E-state index >= 15 is 0 Å². The molecule has 1 saturated heterocycles. The van der Waals surface area contributed by atoms with E-state index in [1.54, 1.807) is 27.4 Å². The van der Waals surface area contributed by atoms with Crippen molar-refractivity contribution in [2.45, 2.75) is 30.6 Å². The number of nitrogens with zero attached hydrogens (tertiary/aromatic N) is 4. The van der Waals surface area contributed by atoms with Crippen molar-refractivity contribution in [1.29, 1.82) is 0 Å². The monoisotopic (exact) mass is 520 g/mol. The molecule has 182 valence electrons. The zero-order valence-electron chi connectivity index (χ0n) is 19.4. The number of aromatic nitrogens is 1. The van der Waals surface area contributed by atoms with Crippen LogP contribution in [0.4, 0.5) is 5.13 Å². The summed E-state index contributed by atoms with van der Waals surface area (Å²) < 4.78 is 28.6. The van der Waals surface area contributed by atoms with Gasteiger partial charge >= 0.3 is 0 Å². The molecule has 1 aromatic heterocycles. The normalized spacial score (nSPS) is 15.5. The van der Waals surface area contributed by atoms with Crippen molar-refractivity contribution in [3.8, 4) is 0 Å². The lowest BCUT2D eigenvalue weighted by atomic mass is 10.2. The molecule has 0 radical (unpaired) electrons. The van der Waals surface area contributed by atoms with E-state index in [1.807, 2.05) is 31.1 Å². The predicted octanol–water partition coefficient (Wildman–Crippen LogP) is 4.72. The SMILES string of the molecule is CN(C)CCN(C(=O)c1ccc(S(=O)(=O)N2CCCCCC2)cc1)c1nc2c(Cl)cccc2s1. The molecule has 1 fully saturated rings. The van der Waals surface area contributed by atoms with Gasteiger partial charge in [0, 0.05) is 31.7 Å². The quantitative estimate of drug-likeness (QED) is 0.450. The smallest absolute Gasteiger partial charge is 0.260 e. The molecule has 3 aromatic rings. The average Bonchev–Trinajstić information content (AvgIpc) is 3.05. The Balaban J connectivity index is 1.61. The van der Waals surface area contributed by atoms with Crippen molar-refractivity contribution in [3.05, 3.63) is 53.1 Å². The fraction of sp³-hybridized carbons (Fsp3) is 0.417. The van der Waals surface area contributed by atoms with E-state index in [2.05, 4.69) is 4.98 Å². The summed E-state index contributed by atoms with van der Waals surface area (Å²) in [5, 5.41) is 1.11. The Labute approximate surface area is 210 Å². The standard InChI is InChI=1S/C24H29ClN4O3S2/c1-27(2)16-17-29(24-26-22-20(25)8-7-9-21(22)33-24)23(30)18-10-12-19(13-11-18)34(31,32)28-14-5-3-4-6-15-28/h7-13H,3-6,14-17H2,1-2H3. The number of hydrogen-bond acceptors (Lipinski definition) is 6. The molecule has 10 heteroatoms. The number of benzene rings is 2. The highest BCUT2D eigenvalue weighted by Crippen LogP contribution is 2.33. The van der Waals surface area contributed by atoms with Crippen LogP contribution in [-0.2, 0) is 10.0 Å². The van der Waals surface area contributed by atoms with Crippen molar-refractivity contribution in [3.63, 3.8) is 0 Å². The van der Waals surface area contributed by atoms with Crippen LogP contribution in [0, 0.1) is 0 Å². The minimum atomic E-state index is -3.57. The summed E-state index contributed by atoms with van der Waals surface area (Å²) in [7, 11) is 0.323. The molecule has 7 nitrogen and oxygen atoms in total. The summed E-state index contributed by atoms with van der Waals surface area (Å²) in [6.45, 7) is 2.18. The molecular formula is C24H29ClN4O3S2.